The summed E-state index contributed by atoms with van der Waals surface area (Å²) in [7, 11) is 0. The van der Waals surface area contributed by atoms with Crippen LogP contribution in [0, 0.1) is 13.8 Å². The zero-order chi connectivity index (χ0) is 15.7. The average Bonchev–Trinajstić information content (AvgIpc) is 3.13. The lowest BCUT2D eigenvalue weighted by Crippen LogP contribution is -2.31. The molecule has 1 saturated heterocycles. The SMILES string of the molecule is CCn1c(C)c(C)c2cc(C(=O)NC[C@@H]3CCCO3)ccc21. The molecule has 4 nitrogen and oxygen atoms in total. The van der Waals surface area contributed by atoms with Crippen LogP contribution in [0.25, 0.3) is 10.9 Å². The van der Waals surface area contributed by atoms with Gasteiger partial charge in [-0.2, -0.15) is 0 Å². The van der Waals surface area contributed by atoms with Gasteiger partial charge >= 0.3 is 0 Å². The number of aromatic nitrogens is 1. The number of aryl methyl sites for hydroxylation is 2. The number of fused-ring (bicyclic) bond motifs is 1. The van der Waals surface area contributed by atoms with E-state index < -0.39 is 0 Å². The van der Waals surface area contributed by atoms with Gasteiger partial charge in [-0.05, 0) is 57.4 Å². The van der Waals surface area contributed by atoms with Gasteiger partial charge in [0.2, 0.25) is 0 Å². The molecule has 1 aromatic heterocycles. The van der Waals surface area contributed by atoms with Crippen molar-refractivity contribution >= 4 is 16.8 Å². The van der Waals surface area contributed by atoms with Crippen LogP contribution in [-0.4, -0.2) is 29.7 Å². The van der Waals surface area contributed by atoms with Crippen LogP contribution in [0.2, 0.25) is 0 Å². The number of rotatable bonds is 4. The van der Waals surface area contributed by atoms with E-state index in [2.05, 4.69) is 36.7 Å². The van der Waals surface area contributed by atoms with Crippen LogP contribution >= 0.6 is 0 Å². The Kier molecular flexibility index (Phi) is 4.21. The molecule has 1 aliphatic rings. The number of nitrogens with zero attached hydrogens (tertiary/aromatic N) is 1. The summed E-state index contributed by atoms with van der Waals surface area (Å²) in [6.07, 6.45) is 2.31. The molecule has 1 atom stereocenters. The third-order valence-corrected chi connectivity index (χ3v) is 4.73. The molecule has 1 aromatic carbocycles. The largest absolute Gasteiger partial charge is 0.376 e. The van der Waals surface area contributed by atoms with Gasteiger partial charge in [0.1, 0.15) is 0 Å². The second kappa shape index (κ2) is 6.13. The Morgan fingerprint density at radius 2 is 2.23 bits per heavy atom. The highest BCUT2D eigenvalue weighted by Gasteiger charge is 2.17. The second-order valence-electron chi connectivity index (χ2n) is 6.03. The molecule has 0 aliphatic carbocycles. The monoisotopic (exact) mass is 300 g/mol. The van der Waals surface area contributed by atoms with Crippen molar-refractivity contribution in [2.75, 3.05) is 13.2 Å². The molecule has 3 rings (SSSR count). The average molecular weight is 300 g/mol. The number of nitrogens with one attached hydrogen (secondary N) is 1. The van der Waals surface area contributed by atoms with Gasteiger partial charge in [-0.15, -0.1) is 0 Å². The minimum absolute atomic E-state index is 0.0151. The van der Waals surface area contributed by atoms with Gasteiger partial charge < -0.3 is 14.6 Å². The minimum Gasteiger partial charge on any atom is -0.376 e. The number of amides is 1. The lowest BCUT2D eigenvalue weighted by atomic mass is 10.1. The van der Waals surface area contributed by atoms with Crippen molar-refractivity contribution < 1.29 is 9.53 Å². The minimum atomic E-state index is -0.0151. The fourth-order valence-electron chi connectivity index (χ4n) is 3.31. The van der Waals surface area contributed by atoms with E-state index >= 15 is 0 Å². The number of carbonyl (C=O) groups excluding carboxylic acids is 1. The number of hydrogen-bond donors (Lipinski definition) is 1. The Morgan fingerprint density at radius 3 is 2.91 bits per heavy atom. The number of hydrogen-bond acceptors (Lipinski definition) is 2. The summed E-state index contributed by atoms with van der Waals surface area (Å²) >= 11 is 0. The lowest BCUT2D eigenvalue weighted by molar-refractivity contribution is 0.0858. The van der Waals surface area contributed by atoms with Crippen molar-refractivity contribution in [3.8, 4) is 0 Å². The third kappa shape index (κ3) is 2.63. The predicted octanol–water partition coefficient (Wildman–Crippen LogP) is 3.19. The number of ether oxygens (including phenoxy) is 1. The van der Waals surface area contributed by atoms with Gasteiger partial charge in [0, 0.05) is 41.9 Å². The van der Waals surface area contributed by atoms with Crippen LogP contribution in [0.5, 0.6) is 0 Å². The van der Waals surface area contributed by atoms with Crippen LogP contribution in [0.15, 0.2) is 18.2 Å². The van der Waals surface area contributed by atoms with E-state index in [-0.39, 0.29) is 12.0 Å². The first-order valence-corrected chi connectivity index (χ1v) is 8.11. The quantitative estimate of drug-likeness (QED) is 0.942. The maximum atomic E-state index is 12.3. The first kappa shape index (κ1) is 15.1. The molecule has 2 heterocycles. The van der Waals surface area contributed by atoms with Gasteiger partial charge in [-0.1, -0.05) is 0 Å². The first-order chi connectivity index (χ1) is 10.6. The molecule has 22 heavy (non-hydrogen) atoms. The molecule has 0 radical (unpaired) electrons. The fraction of sp³-hybridized carbons (Fsp3) is 0.500. The van der Waals surface area contributed by atoms with Crippen molar-refractivity contribution in [3.63, 3.8) is 0 Å². The molecular formula is C18H24N2O2. The van der Waals surface area contributed by atoms with Crippen LogP contribution < -0.4 is 5.32 Å². The molecule has 2 aromatic rings. The Hall–Kier alpha value is -1.81. The van der Waals surface area contributed by atoms with Crippen molar-refractivity contribution in [1.29, 1.82) is 0 Å². The Balaban J connectivity index is 1.82. The molecule has 1 fully saturated rings. The van der Waals surface area contributed by atoms with Crippen molar-refractivity contribution in [2.24, 2.45) is 0 Å². The van der Waals surface area contributed by atoms with Gasteiger partial charge in [0.15, 0.2) is 0 Å². The van der Waals surface area contributed by atoms with E-state index in [1.54, 1.807) is 0 Å². The first-order valence-electron chi connectivity index (χ1n) is 8.11. The molecular weight excluding hydrogens is 276 g/mol. The second-order valence-corrected chi connectivity index (χ2v) is 6.03. The molecule has 1 aliphatic heterocycles. The van der Waals surface area contributed by atoms with Crippen LogP contribution in [0.3, 0.4) is 0 Å². The normalized spacial score (nSPS) is 18.0. The van der Waals surface area contributed by atoms with E-state index in [0.29, 0.717) is 6.54 Å². The van der Waals surface area contributed by atoms with E-state index in [9.17, 15) is 4.79 Å². The summed E-state index contributed by atoms with van der Waals surface area (Å²) in [5.41, 5.74) is 4.45. The van der Waals surface area contributed by atoms with E-state index in [1.165, 1.54) is 22.2 Å². The summed E-state index contributed by atoms with van der Waals surface area (Å²) < 4.78 is 7.83. The Labute approximate surface area is 131 Å². The van der Waals surface area contributed by atoms with Crippen molar-refractivity contribution in [2.45, 2.75) is 46.3 Å². The van der Waals surface area contributed by atoms with Crippen molar-refractivity contribution in [3.05, 3.63) is 35.0 Å². The predicted molar refractivity (Wildman–Crippen MR) is 88.4 cm³/mol. The van der Waals surface area contributed by atoms with Crippen molar-refractivity contribution in [1.82, 2.24) is 9.88 Å². The summed E-state index contributed by atoms with van der Waals surface area (Å²) in [6.45, 7) is 8.77. The summed E-state index contributed by atoms with van der Waals surface area (Å²) in [4.78, 5) is 12.3. The molecule has 1 amide bonds. The standard InChI is InChI=1S/C18H24N2O2/c1-4-20-13(3)12(2)16-10-14(7-8-17(16)20)18(21)19-11-15-6-5-9-22-15/h7-8,10,15H,4-6,9,11H2,1-3H3,(H,19,21)/t15-/m0/s1. The van der Waals surface area contributed by atoms with Crippen LogP contribution in [0.4, 0.5) is 0 Å². The molecule has 0 bridgehead atoms. The molecule has 0 unspecified atom stereocenters. The summed E-state index contributed by atoms with van der Waals surface area (Å²) in [6, 6.07) is 5.98. The van der Waals surface area contributed by atoms with E-state index in [1.807, 2.05) is 12.1 Å². The molecule has 4 heteroatoms. The smallest absolute Gasteiger partial charge is 0.251 e. The zero-order valence-corrected chi connectivity index (χ0v) is 13.6. The number of carbonyl (C=O) groups is 1. The highest BCUT2D eigenvalue weighted by Crippen LogP contribution is 2.26. The molecule has 118 valence electrons. The molecule has 1 N–H and O–H groups in total. The molecule has 0 saturated carbocycles. The van der Waals surface area contributed by atoms with Gasteiger partial charge in [-0.3, -0.25) is 4.79 Å². The third-order valence-electron chi connectivity index (χ3n) is 4.73. The van der Waals surface area contributed by atoms with Gasteiger partial charge in [0.05, 0.1) is 6.10 Å². The maximum Gasteiger partial charge on any atom is 0.251 e. The van der Waals surface area contributed by atoms with E-state index in [4.69, 9.17) is 4.74 Å². The molecule has 0 spiro atoms. The topological polar surface area (TPSA) is 43.3 Å². The summed E-state index contributed by atoms with van der Waals surface area (Å²) in [5, 5.41) is 4.16. The van der Waals surface area contributed by atoms with Gasteiger partial charge in [0.25, 0.3) is 5.91 Å². The summed E-state index contributed by atoms with van der Waals surface area (Å²) in [5.74, 6) is -0.0151. The highest BCUT2D eigenvalue weighted by atomic mass is 16.5. The Bertz CT molecular complexity index is 697. The lowest BCUT2D eigenvalue weighted by Gasteiger charge is -2.11. The highest BCUT2D eigenvalue weighted by molar-refractivity contribution is 5.99. The maximum absolute atomic E-state index is 12.3. The van der Waals surface area contributed by atoms with E-state index in [0.717, 1.165) is 31.6 Å². The Morgan fingerprint density at radius 1 is 1.41 bits per heavy atom. The van der Waals surface area contributed by atoms with Crippen LogP contribution in [0.1, 0.15) is 41.4 Å². The van der Waals surface area contributed by atoms with Gasteiger partial charge in [-0.25, -0.2) is 0 Å². The van der Waals surface area contributed by atoms with Crippen LogP contribution in [-0.2, 0) is 11.3 Å². The zero-order valence-electron chi connectivity index (χ0n) is 13.6. The fourth-order valence-corrected chi connectivity index (χ4v) is 3.31. The number of benzene rings is 1.